The number of rotatable bonds is 3. The molecule has 2 rings (SSSR count). The number of carbonyl (C=O) groups excluding carboxylic acids is 1. The first-order valence-electron chi connectivity index (χ1n) is 5.92. The van der Waals surface area contributed by atoms with Crippen LogP contribution in [0.4, 0.5) is 5.69 Å². The zero-order valence-electron chi connectivity index (χ0n) is 10.4. The van der Waals surface area contributed by atoms with E-state index < -0.39 is 5.41 Å². The van der Waals surface area contributed by atoms with Crippen LogP contribution in [0, 0.1) is 11.3 Å². The monoisotopic (exact) mass is 404 g/mol. The van der Waals surface area contributed by atoms with Gasteiger partial charge in [-0.1, -0.05) is 25.2 Å². The first kappa shape index (κ1) is 14.9. The fourth-order valence-electron chi connectivity index (χ4n) is 2.48. The summed E-state index contributed by atoms with van der Waals surface area (Å²) in [6, 6.07) is 5.63. The zero-order chi connectivity index (χ0) is 14.2. The molecule has 1 fully saturated rings. The minimum atomic E-state index is -0.691. The van der Waals surface area contributed by atoms with Gasteiger partial charge in [-0.3, -0.25) is 4.79 Å². The van der Waals surface area contributed by atoms with E-state index in [-0.39, 0.29) is 10.9 Å². The van der Waals surface area contributed by atoms with E-state index in [0.717, 1.165) is 21.8 Å². The van der Waals surface area contributed by atoms with Crippen molar-refractivity contribution >= 4 is 60.7 Å². The van der Waals surface area contributed by atoms with E-state index in [9.17, 15) is 4.79 Å². The topological polar surface area (TPSA) is 55.1 Å². The van der Waals surface area contributed by atoms with E-state index in [1.807, 2.05) is 18.2 Å². The molecule has 1 saturated carbocycles. The molecule has 0 unspecified atom stereocenters. The predicted octanol–water partition coefficient (Wildman–Crippen LogP) is 3.85. The lowest BCUT2D eigenvalue weighted by Crippen LogP contribution is -2.53. The molecule has 6 heteroatoms. The summed E-state index contributed by atoms with van der Waals surface area (Å²) in [6.07, 6.45) is 1.44. The van der Waals surface area contributed by atoms with E-state index in [4.69, 9.17) is 18.0 Å². The standard InChI is InChI=1S/C13H14Br2N2OS/c1-7-5-13(6-7,11(16)19)12(18)17-10-8(14)3-2-4-9(10)15/h2-4,7H,5-6H2,1H3,(H2,16,19)(H,17,18). The third kappa shape index (κ3) is 2.71. The Morgan fingerprint density at radius 2 is 1.95 bits per heavy atom. The first-order valence-corrected chi connectivity index (χ1v) is 7.91. The molecule has 0 saturated heterocycles. The number of halogens is 2. The summed E-state index contributed by atoms with van der Waals surface area (Å²) in [5.74, 6) is 0.362. The predicted molar refractivity (Wildman–Crippen MR) is 88.1 cm³/mol. The van der Waals surface area contributed by atoms with Gasteiger partial charge in [0.1, 0.15) is 0 Å². The van der Waals surface area contributed by atoms with Gasteiger partial charge in [-0.2, -0.15) is 0 Å². The van der Waals surface area contributed by atoms with Gasteiger partial charge in [0.25, 0.3) is 0 Å². The Balaban J connectivity index is 2.24. The second-order valence-corrected chi connectivity index (χ2v) is 7.16. The maximum atomic E-state index is 12.5. The quantitative estimate of drug-likeness (QED) is 0.750. The van der Waals surface area contributed by atoms with Crippen LogP contribution in [-0.2, 0) is 4.79 Å². The number of para-hydroxylation sites is 1. The lowest BCUT2D eigenvalue weighted by atomic mass is 9.62. The number of hydrogen-bond donors (Lipinski definition) is 2. The van der Waals surface area contributed by atoms with Crippen molar-refractivity contribution in [2.45, 2.75) is 19.8 Å². The largest absolute Gasteiger partial charge is 0.392 e. The van der Waals surface area contributed by atoms with E-state index in [2.05, 4.69) is 44.1 Å². The highest BCUT2D eigenvalue weighted by Crippen LogP contribution is 2.47. The van der Waals surface area contributed by atoms with Crippen LogP contribution in [0.5, 0.6) is 0 Å². The Hall–Kier alpha value is -0.460. The van der Waals surface area contributed by atoms with E-state index in [1.165, 1.54) is 0 Å². The molecule has 0 aliphatic heterocycles. The molecule has 3 nitrogen and oxygen atoms in total. The van der Waals surface area contributed by atoms with Gasteiger partial charge in [-0.15, -0.1) is 0 Å². The van der Waals surface area contributed by atoms with Crippen LogP contribution in [0.25, 0.3) is 0 Å². The average Bonchev–Trinajstić information content (AvgIpc) is 2.29. The molecule has 1 aliphatic rings. The summed E-state index contributed by atoms with van der Waals surface area (Å²) >= 11 is 11.9. The SMILES string of the molecule is CC1CC(C(=O)Nc2c(Br)cccc2Br)(C(N)=S)C1. The van der Waals surface area contributed by atoms with Crippen LogP contribution in [0.3, 0.4) is 0 Å². The number of thiocarbonyl (C=S) groups is 1. The molecular weight excluding hydrogens is 392 g/mol. The second kappa shape index (κ2) is 5.50. The summed E-state index contributed by atoms with van der Waals surface area (Å²) in [7, 11) is 0. The minimum Gasteiger partial charge on any atom is -0.392 e. The van der Waals surface area contributed by atoms with Crippen LogP contribution in [0.1, 0.15) is 19.8 Å². The maximum Gasteiger partial charge on any atom is 0.237 e. The Labute approximate surface area is 134 Å². The smallest absolute Gasteiger partial charge is 0.237 e. The number of benzene rings is 1. The lowest BCUT2D eigenvalue weighted by Gasteiger charge is -2.44. The molecule has 1 aromatic carbocycles. The van der Waals surface area contributed by atoms with Crippen molar-refractivity contribution < 1.29 is 4.79 Å². The molecule has 0 aromatic heterocycles. The molecular formula is C13H14Br2N2OS. The fraction of sp³-hybridized carbons (Fsp3) is 0.385. The van der Waals surface area contributed by atoms with Gasteiger partial charge in [0, 0.05) is 8.95 Å². The summed E-state index contributed by atoms with van der Waals surface area (Å²) < 4.78 is 1.64. The van der Waals surface area contributed by atoms with Gasteiger partial charge >= 0.3 is 0 Å². The highest BCUT2D eigenvalue weighted by Gasteiger charge is 2.51. The molecule has 1 aromatic rings. The summed E-state index contributed by atoms with van der Waals surface area (Å²) in [4.78, 5) is 12.8. The molecule has 19 heavy (non-hydrogen) atoms. The zero-order valence-corrected chi connectivity index (χ0v) is 14.4. The number of nitrogens with two attached hydrogens (primary N) is 1. The molecule has 102 valence electrons. The number of nitrogens with one attached hydrogen (secondary N) is 1. The Kier molecular flexibility index (Phi) is 4.32. The van der Waals surface area contributed by atoms with Crippen LogP contribution in [0.15, 0.2) is 27.1 Å². The third-order valence-electron chi connectivity index (χ3n) is 3.50. The van der Waals surface area contributed by atoms with Gasteiger partial charge in [-0.25, -0.2) is 0 Å². The van der Waals surface area contributed by atoms with Crippen LogP contribution in [-0.4, -0.2) is 10.9 Å². The van der Waals surface area contributed by atoms with Crippen molar-refractivity contribution in [1.82, 2.24) is 0 Å². The molecule has 0 bridgehead atoms. The van der Waals surface area contributed by atoms with Crippen molar-refractivity contribution in [3.8, 4) is 0 Å². The highest BCUT2D eigenvalue weighted by atomic mass is 79.9. The van der Waals surface area contributed by atoms with Crippen molar-refractivity contribution in [2.24, 2.45) is 17.1 Å². The first-order chi connectivity index (χ1) is 8.86. The number of amides is 1. The molecule has 1 amide bonds. The number of anilines is 1. The summed E-state index contributed by atoms with van der Waals surface area (Å²) in [6.45, 7) is 2.10. The number of carbonyl (C=O) groups is 1. The second-order valence-electron chi connectivity index (χ2n) is 5.01. The van der Waals surface area contributed by atoms with Gasteiger partial charge in [0.05, 0.1) is 16.1 Å². The normalized spacial score (nSPS) is 25.5. The van der Waals surface area contributed by atoms with Gasteiger partial charge < -0.3 is 11.1 Å². The van der Waals surface area contributed by atoms with Gasteiger partial charge in [0.15, 0.2) is 0 Å². The summed E-state index contributed by atoms with van der Waals surface area (Å²) in [5.41, 5.74) is 5.79. The molecule has 0 spiro atoms. The van der Waals surface area contributed by atoms with Crippen LogP contribution in [0.2, 0.25) is 0 Å². The molecule has 0 atom stereocenters. The van der Waals surface area contributed by atoms with Crippen molar-refractivity contribution in [2.75, 3.05) is 5.32 Å². The van der Waals surface area contributed by atoms with Crippen LogP contribution >= 0.6 is 44.1 Å². The average molecular weight is 406 g/mol. The summed E-state index contributed by atoms with van der Waals surface area (Å²) in [5, 5.41) is 2.92. The molecule has 1 aliphatic carbocycles. The Morgan fingerprint density at radius 1 is 1.42 bits per heavy atom. The minimum absolute atomic E-state index is 0.120. The highest BCUT2D eigenvalue weighted by molar-refractivity contribution is 9.11. The van der Waals surface area contributed by atoms with Crippen molar-refractivity contribution in [1.29, 1.82) is 0 Å². The Morgan fingerprint density at radius 3 is 2.37 bits per heavy atom. The van der Waals surface area contributed by atoms with Gasteiger partial charge in [-0.05, 0) is 62.8 Å². The Bertz CT molecular complexity index is 521. The third-order valence-corrected chi connectivity index (χ3v) is 5.21. The van der Waals surface area contributed by atoms with E-state index in [1.54, 1.807) is 0 Å². The fourth-order valence-corrected chi connectivity index (χ4v) is 3.93. The van der Waals surface area contributed by atoms with E-state index in [0.29, 0.717) is 11.6 Å². The molecule has 3 N–H and O–H groups in total. The van der Waals surface area contributed by atoms with E-state index >= 15 is 0 Å². The van der Waals surface area contributed by atoms with Crippen molar-refractivity contribution in [3.05, 3.63) is 27.1 Å². The number of hydrogen-bond acceptors (Lipinski definition) is 2. The van der Waals surface area contributed by atoms with Gasteiger partial charge in [0.2, 0.25) is 5.91 Å². The lowest BCUT2D eigenvalue weighted by molar-refractivity contribution is -0.127. The van der Waals surface area contributed by atoms with Crippen LogP contribution < -0.4 is 11.1 Å². The molecule has 0 heterocycles. The maximum absolute atomic E-state index is 12.5. The molecule has 0 radical (unpaired) electrons. The van der Waals surface area contributed by atoms with Crippen molar-refractivity contribution in [3.63, 3.8) is 0 Å².